The Morgan fingerprint density at radius 3 is 2.35 bits per heavy atom. The molecule has 2 rings (SSSR count). The first-order valence-corrected chi connectivity index (χ1v) is 7.46. The number of carbonyl (C=O) groups excluding carboxylic acids is 1. The topological polar surface area (TPSA) is 56.8 Å². The number of methoxy groups -OCH3 is 1. The molecule has 2 aromatic carbocycles. The van der Waals surface area contributed by atoms with E-state index in [0.717, 1.165) is 17.1 Å². The standard InChI is InChI=1S/C18H21NO4/c1-3-22-15-7-9-16(10-8-15)23-13-18(20)19-12-14-5-4-6-17(11-14)21-2/h4-11H,3,12-13H2,1-2H3,(H,19,20). The molecule has 2 aromatic rings. The molecule has 0 spiro atoms. The van der Waals surface area contributed by atoms with Gasteiger partial charge in [0, 0.05) is 6.54 Å². The summed E-state index contributed by atoms with van der Waals surface area (Å²) in [5.41, 5.74) is 0.971. The quantitative estimate of drug-likeness (QED) is 0.814. The molecule has 0 unspecified atom stereocenters. The van der Waals surface area contributed by atoms with Crippen molar-refractivity contribution in [3.63, 3.8) is 0 Å². The van der Waals surface area contributed by atoms with Crippen molar-refractivity contribution in [2.45, 2.75) is 13.5 Å². The molecule has 0 saturated heterocycles. The van der Waals surface area contributed by atoms with E-state index in [-0.39, 0.29) is 12.5 Å². The SMILES string of the molecule is CCOc1ccc(OCC(=O)NCc2cccc(OC)c2)cc1. The van der Waals surface area contributed by atoms with E-state index in [4.69, 9.17) is 14.2 Å². The number of hydrogen-bond donors (Lipinski definition) is 1. The molecule has 1 N–H and O–H groups in total. The summed E-state index contributed by atoms with van der Waals surface area (Å²) in [6.45, 7) is 2.95. The van der Waals surface area contributed by atoms with Crippen LogP contribution >= 0.6 is 0 Å². The number of rotatable bonds is 8. The van der Waals surface area contributed by atoms with Crippen LogP contribution in [0.2, 0.25) is 0 Å². The summed E-state index contributed by atoms with van der Waals surface area (Å²) in [6.07, 6.45) is 0. The van der Waals surface area contributed by atoms with Crippen molar-refractivity contribution in [2.24, 2.45) is 0 Å². The van der Waals surface area contributed by atoms with E-state index in [1.54, 1.807) is 19.2 Å². The van der Waals surface area contributed by atoms with E-state index in [1.165, 1.54) is 0 Å². The molecular formula is C18H21NO4. The lowest BCUT2D eigenvalue weighted by molar-refractivity contribution is -0.123. The van der Waals surface area contributed by atoms with Crippen molar-refractivity contribution in [1.29, 1.82) is 0 Å². The minimum atomic E-state index is -0.179. The molecule has 0 atom stereocenters. The summed E-state index contributed by atoms with van der Waals surface area (Å²) in [5.74, 6) is 2.00. The number of benzene rings is 2. The fraction of sp³-hybridized carbons (Fsp3) is 0.278. The van der Waals surface area contributed by atoms with E-state index in [1.807, 2.05) is 43.3 Å². The Morgan fingerprint density at radius 2 is 1.70 bits per heavy atom. The van der Waals surface area contributed by atoms with Gasteiger partial charge in [-0.05, 0) is 48.9 Å². The van der Waals surface area contributed by atoms with Crippen LogP contribution in [0.25, 0.3) is 0 Å². The minimum absolute atomic E-state index is 0.0298. The van der Waals surface area contributed by atoms with Gasteiger partial charge in [0.2, 0.25) is 0 Å². The first-order chi connectivity index (χ1) is 11.2. The maximum Gasteiger partial charge on any atom is 0.258 e. The van der Waals surface area contributed by atoms with Crippen LogP contribution in [0.1, 0.15) is 12.5 Å². The first kappa shape index (κ1) is 16.7. The fourth-order valence-corrected chi connectivity index (χ4v) is 1.98. The third-order valence-corrected chi connectivity index (χ3v) is 3.13. The average Bonchev–Trinajstić information content (AvgIpc) is 2.60. The first-order valence-electron chi connectivity index (χ1n) is 7.46. The second-order valence-electron chi connectivity index (χ2n) is 4.82. The Bertz CT molecular complexity index is 625. The van der Waals surface area contributed by atoms with Crippen molar-refractivity contribution < 1.29 is 19.0 Å². The van der Waals surface area contributed by atoms with Gasteiger partial charge < -0.3 is 19.5 Å². The average molecular weight is 315 g/mol. The molecule has 0 saturated carbocycles. The van der Waals surface area contributed by atoms with Gasteiger partial charge >= 0.3 is 0 Å². The Kier molecular flexibility index (Phi) is 6.29. The molecule has 0 fully saturated rings. The maximum absolute atomic E-state index is 11.8. The molecule has 0 aromatic heterocycles. The molecule has 0 aliphatic carbocycles. The van der Waals surface area contributed by atoms with E-state index in [9.17, 15) is 4.79 Å². The van der Waals surface area contributed by atoms with Crippen LogP contribution in [0.3, 0.4) is 0 Å². The van der Waals surface area contributed by atoms with Crippen LogP contribution in [0.5, 0.6) is 17.2 Å². The van der Waals surface area contributed by atoms with Crippen LogP contribution < -0.4 is 19.5 Å². The number of hydrogen-bond acceptors (Lipinski definition) is 4. The van der Waals surface area contributed by atoms with E-state index in [2.05, 4.69) is 5.32 Å². The zero-order valence-electron chi connectivity index (χ0n) is 13.4. The molecule has 23 heavy (non-hydrogen) atoms. The van der Waals surface area contributed by atoms with Crippen LogP contribution in [-0.2, 0) is 11.3 Å². The Morgan fingerprint density at radius 1 is 1.00 bits per heavy atom. The van der Waals surface area contributed by atoms with E-state index < -0.39 is 0 Å². The summed E-state index contributed by atoms with van der Waals surface area (Å²) < 4.78 is 15.9. The van der Waals surface area contributed by atoms with Gasteiger partial charge in [0.05, 0.1) is 13.7 Å². The molecular weight excluding hydrogens is 294 g/mol. The summed E-state index contributed by atoms with van der Waals surface area (Å²) in [4.78, 5) is 11.8. The highest BCUT2D eigenvalue weighted by Crippen LogP contribution is 2.17. The van der Waals surface area contributed by atoms with Gasteiger partial charge in [-0.3, -0.25) is 4.79 Å². The molecule has 0 aliphatic rings. The molecule has 0 bridgehead atoms. The number of ether oxygens (including phenoxy) is 3. The highest BCUT2D eigenvalue weighted by Gasteiger charge is 2.04. The Balaban J connectivity index is 1.76. The predicted molar refractivity (Wildman–Crippen MR) is 87.9 cm³/mol. The predicted octanol–water partition coefficient (Wildman–Crippen LogP) is 2.79. The molecule has 1 amide bonds. The zero-order chi connectivity index (χ0) is 16.5. The molecule has 122 valence electrons. The van der Waals surface area contributed by atoms with Gasteiger partial charge in [-0.25, -0.2) is 0 Å². The number of nitrogens with one attached hydrogen (secondary N) is 1. The van der Waals surface area contributed by atoms with E-state index in [0.29, 0.717) is 18.9 Å². The van der Waals surface area contributed by atoms with Crippen LogP contribution in [0, 0.1) is 0 Å². The summed E-state index contributed by atoms with van der Waals surface area (Å²) in [6, 6.07) is 14.7. The van der Waals surface area contributed by atoms with Crippen molar-refractivity contribution in [3.8, 4) is 17.2 Å². The Labute approximate surface area is 136 Å². The highest BCUT2D eigenvalue weighted by molar-refractivity contribution is 5.77. The Hall–Kier alpha value is -2.69. The van der Waals surface area contributed by atoms with Gasteiger partial charge in [-0.1, -0.05) is 12.1 Å². The van der Waals surface area contributed by atoms with Gasteiger partial charge in [-0.2, -0.15) is 0 Å². The van der Waals surface area contributed by atoms with Gasteiger partial charge in [-0.15, -0.1) is 0 Å². The van der Waals surface area contributed by atoms with E-state index >= 15 is 0 Å². The second-order valence-corrected chi connectivity index (χ2v) is 4.82. The lowest BCUT2D eigenvalue weighted by atomic mass is 10.2. The number of carbonyl (C=O) groups is 1. The third kappa shape index (κ3) is 5.54. The largest absolute Gasteiger partial charge is 0.497 e. The molecule has 0 heterocycles. The van der Waals surface area contributed by atoms with Gasteiger partial charge in [0.15, 0.2) is 6.61 Å². The molecule has 0 aliphatic heterocycles. The maximum atomic E-state index is 11.8. The van der Waals surface area contributed by atoms with Crippen molar-refractivity contribution in [3.05, 3.63) is 54.1 Å². The fourth-order valence-electron chi connectivity index (χ4n) is 1.98. The second kappa shape index (κ2) is 8.68. The van der Waals surface area contributed by atoms with Gasteiger partial charge in [0.25, 0.3) is 5.91 Å². The van der Waals surface area contributed by atoms with Crippen molar-refractivity contribution in [2.75, 3.05) is 20.3 Å². The summed E-state index contributed by atoms with van der Waals surface area (Å²) in [5, 5.41) is 2.81. The third-order valence-electron chi connectivity index (χ3n) is 3.13. The summed E-state index contributed by atoms with van der Waals surface area (Å²) >= 11 is 0. The molecule has 0 radical (unpaired) electrons. The van der Waals surface area contributed by atoms with Crippen LogP contribution in [-0.4, -0.2) is 26.2 Å². The van der Waals surface area contributed by atoms with Crippen LogP contribution in [0.15, 0.2) is 48.5 Å². The minimum Gasteiger partial charge on any atom is -0.497 e. The highest BCUT2D eigenvalue weighted by atomic mass is 16.5. The van der Waals surface area contributed by atoms with Crippen molar-refractivity contribution in [1.82, 2.24) is 5.32 Å². The lowest BCUT2D eigenvalue weighted by Gasteiger charge is -2.09. The summed E-state index contributed by atoms with van der Waals surface area (Å²) in [7, 11) is 1.61. The molecule has 5 nitrogen and oxygen atoms in total. The lowest BCUT2D eigenvalue weighted by Crippen LogP contribution is -2.28. The smallest absolute Gasteiger partial charge is 0.258 e. The van der Waals surface area contributed by atoms with Gasteiger partial charge in [0.1, 0.15) is 17.2 Å². The monoisotopic (exact) mass is 315 g/mol. The zero-order valence-corrected chi connectivity index (χ0v) is 13.4. The molecule has 5 heteroatoms. The van der Waals surface area contributed by atoms with Crippen LogP contribution in [0.4, 0.5) is 0 Å². The number of amides is 1. The normalized spacial score (nSPS) is 10.0. The van der Waals surface area contributed by atoms with Crippen molar-refractivity contribution >= 4 is 5.91 Å².